The molecule has 4 aromatic rings. The van der Waals surface area contributed by atoms with Gasteiger partial charge in [0, 0.05) is 29.9 Å². The van der Waals surface area contributed by atoms with Crippen LogP contribution < -0.4 is 19.5 Å². The highest BCUT2D eigenvalue weighted by Crippen LogP contribution is 2.36. The maximum atomic E-state index is 12.5. The van der Waals surface area contributed by atoms with E-state index in [0.717, 1.165) is 28.7 Å². The van der Waals surface area contributed by atoms with Crippen molar-refractivity contribution in [1.29, 1.82) is 0 Å². The Kier molecular flexibility index (Phi) is 7.48. The van der Waals surface area contributed by atoms with Crippen LogP contribution in [0, 0.1) is 0 Å². The largest absolute Gasteiger partial charge is 0.493 e. The first kappa shape index (κ1) is 24.0. The number of carbonyl (C=O) groups is 1. The summed E-state index contributed by atoms with van der Waals surface area (Å²) in [6.07, 6.45) is 1.96. The average Bonchev–Trinajstić information content (AvgIpc) is 2.85. The Bertz CT molecular complexity index is 1300. The van der Waals surface area contributed by atoms with Crippen LogP contribution in [0.1, 0.15) is 11.1 Å². The van der Waals surface area contributed by atoms with Gasteiger partial charge in [0.1, 0.15) is 11.5 Å². The lowest BCUT2D eigenvalue weighted by atomic mass is 10.1. The van der Waals surface area contributed by atoms with Crippen molar-refractivity contribution in [2.45, 2.75) is 13.0 Å². The van der Waals surface area contributed by atoms with Gasteiger partial charge in [-0.05, 0) is 61.6 Å². The number of ether oxygens (including phenoxy) is 3. The van der Waals surface area contributed by atoms with Gasteiger partial charge in [-0.3, -0.25) is 9.78 Å². The molecule has 0 saturated carbocycles. The van der Waals surface area contributed by atoms with Crippen molar-refractivity contribution in [3.05, 3.63) is 84.1 Å². The summed E-state index contributed by atoms with van der Waals surface area (Å²) in [5.74, 6) is 2.45. The highest BCUT2D eigenvalue weighted by Gasteiger charge is 2.12. The molecule has 1 heterocycles. The third kappa shape index (κ3) is 6.07. The fourth-order valence-electron chi connectivity index (χ4n) is 3.79. The number of benzene rings is 3. The van der Waals surface area contributed by atoms with Gasteiger partial charge in [0.25, 0.3) is 0 Å². The quantitative estimate of drug-likeness (QED) is 0.358. The summed E-state index contributed by atoms with van der Waals surface area (Å²) < 4.78 is 16.9. The smallest absolute Gasteiger partial charge is 0.228 e. The minimum atomic E-state index is -0.0693. The molecular weight excluding hydrogens is 442 g/mol. The molecule has 7 heteroatoms. The second kappa shape index (κ2) is 10.9. The van der Waals surface area contributed by atoms with E-state index in [4.69, 9.17) is 14.2 Å². The molecule has 3 aromatic carbocycles. The van der Waals surface area contributed by atoms with Crippen molar-refractivity contribution in [3.63, 3.8) is 0 Å². The Morgan fingerprint density at radius 1 is 0.857 bits per heavy atom. The van der Waals surface area contributed by atoms with Crippen LogP contribution >= 0.6 is 0 Å². The molecule has 0 bridgehead atoms. The molecule has 1 amide bonds. The molecule has 180 valence electrons. The number of hydrogen-bond donors (Lipinski definition) is 1. The van der Waals surface area contributed by atoms with E-state index in [-0.39, 0.29) is 12.3 Å². The summed E-state index contributed by atoms with van der Waals surface area (Å²) in [6.45, 7) is 0.861. The van der Waals surface area contributed by atoms with E-state index >= 15 is 0 Å². The third-order valence-corrected chi connectivity index (χ3v) is 5.46. The number of rotatable bonds is 9. The standard InChI is InChI=1S/C28H29N3O4/c1-31(2)18-20-5-9-21(10-6-20)30-28(32)15-19-7-11-22(12-8-19)35-25-13-14-29-24-17-27(34-4)26(33-3)16-23(24)25/h5-14,16-17H,15,18H2,1-4H3,(H,30,32). The molecule has 7 nitrogen and oxygen atoms in total. The molecule has 1 N–H and O–H groups in total. The van der Waals surface area contributed by atoms with Crippen molar-refractivity contribution in [2.75, 3.05) is 33.6 Å². The second-order valence-corrected chi connectivity index (χ2v) is 8.44. The van der Waals surface area contributed by atoms with Crippen LogP contribution in [0.15, 0.2) is 72.9 Å². The van der Waals surface area contributed by atoms with E-state index in [1.165, 1.54) is 5.56 Å². The zero-order valence-electron chi connectivity index (χ0n) is 20.4. The number of anilines is 1. The number of amides is 1. The molecule has 0 spiro atoms. The molecule has 35 heavy (non-hydrogen) atoms. The third-order valence-electron chi connectivity index (χ3n) is 5.46. The van der Waals surface area contributed by atoms with Gasteiger partial charge in [0.05, 0.1) is 26.2 Å². The minimum Gasteiger partial charge on any atom is -0.493 e. The van der Waals surface area contributed by atoms with Gasteiger partial charge < -0.3 is 24.4 Å². The maximum Gasteiger partial charge on any atom is 0.228 e. The molecule has 0 radical (unpaired) electrons. The lowest BCUT2D eigenvalue weighted by Gasteiger charge is -2.12. The first-order valence-corrected chi connectivity index (χ1v) is 11.3. The van der Waals surface area contributed by atoms with E-state index < -0.39 is 0 Å². The van der Waals surface area contributed by atoms with Crippen LogP contribution in [0.5, 0.6) is 23.0 Å². The molecule has 4 rings (SSSR count). The summed E-state index contributed by atoms with van der Waals surface area (Å²) in [7, 11) is 7.24. The predicted molar refractivity (Wildman–Crippen MR) is 138 cm³/mol. The number of aromatic nitrogens is 1. The number of hydrogen-bond acceptors (Lipinski definition) is 6. The summed E-state index contributed by atoms with van der Waals surface area (Å²) in [6, 6.07) is 20.9. The first-order valence-electron chi connectivity index (χ1n) is 11.3. The molecule has 0 saturated heterocycles. The number of methoxy groups -OCH3 is 2. The van der Waals surface area contributed by atoms with E-state index in [9.17, 15) is 4.79 Å². The van der Waals surface area contributed by atoms with Gasteiger partial charge in [0.15, 0.2) is 11.5 Å². The Hall–Kier alpha value is -4.10. The lowest BCUT2D eigenvalue weighted by Crippen LogP contribution is -2.14. The zero-order valence-corrected chi connectivity index (χ0v) is 20.4. The van der Waals surface area contributed by atoms with Gasteiger partial charge in [-0.1, -0.05) is 24.3 Å². The zero-order chi connectivity index (χ0) is 24.8. The molecule has 0 aliphatic heterocycles. The number of nitrogens with one attached hydrogen (secondary N) is 1. The monoisotopic (exact) mass is 471 g/mol. The van der Waals surface area contributed by atoms with Crippen LogP contribution in [-0.2, 0) is 17.8 Å². The Morgan fingerprint density at radius 2 is 1.51 bits per heavy atom. The van der Waals surface area contributed by atoms with Crippen molar-refractivity contribution in [3.8, 4) is 23.0 Å². The highest BCUT2D eigenvalue weighted by atomic mass is 16.5. The summed E-state index contributed by atoms with van der Waals surface area (Å²) in [5.41, 5.74) is 3.62. The Labute approximate surface area is 205 Å². The normalized spacial score (nSPS) is 10.9. The number of nitrogens with zero attached hydrogens (tertiary/aromatic N) is 2. The molecule has 1 aromatic heterocycles. The van der Waals surface area contributed by atoms with Crippen molar-refractivity contribution in [2.24, 2.45) is 0 Å². The number of carbonyl (C=O) groups excluding carboxylic acids is 1. The second-order valence-electron chi connectivity index (χ2n) is 8.44. The van der Waals surface area contributed by atoms with E-state index in [2.05, 4.69) is 15.2 Å². The van der Waals surface area contributed by atoms with E-state index in [1.54, 1.807) is 26.5 Å². The first-order chi connectivity index (χ1) is 16.9. The minimum absolute atomic E-state index is 0.0693. The van der Waals surface area contributed by atoms with Gasteiger partial charge in [-0.25, -0.2) is 0 Å². The summed E-state index contributed by atoms with van der Waals surface area (Å²) in [4.78, 5) is 19.0. The molecule has 0 aliphatic carbocycles. The predicted octanol–water partition coefficient (Wildman–Crippen LogP) is 5.29. The Morgan fingerprint density at radius 3 is 2.17 bits per heavy atom. The molecule has 0 unspecified atom stereocenters. The molecular formula is C28H29N3O4. The van der Waals surface area contributed by atoms with Crippen LogP contribution in [0.3, 0.4) is 0 Å². The summed E-state index contributed by atoms with van der Waals surface area (Å²) in [5, 5.41) is 3.76. The van der Waals surface area contributed by atoms with Crippen LogP contribution in [0.25, 0.3) is 10.9 Å². The fraction of sp³-hybridized carbons (Fsp3) is 0.214. The van der Waals surface area contributed by atoms with Crippen LogP contribution in [0.2, 0.25) is 0 Å². The van der Waals surface area contributed by atoms with Gasteiger partial charge in [-0.15, -0.1) is 0 Å². The fourth-order valence-corrected chi connectivity index (χ4v) is 3.79. The molecule has 0 fully saturated rings. The van der Waals surface area contributed by atoms with Crippen molar-refractivity contribution < 1.29 is 19.0 Å². The molecule has 0 aliphatic rings. The van der Waals surface area contributed by atoms with E-state index in [0.29, 0.717) is 23.0 Å². The lowest BCUT2D eigenvalue weighted by molar-refractivity contribution is -0.115. The SMILES string of the molecule is COc1cc2nccc(Oc3ccc(CC(=O)Nc4ccc(CN(C)C)cc4)cc3)c2cc1OC. The van der Waals surface area contributed by atoms with Crippen molar-refractivity contribution >= 4 is 22.5 Å². The van der Waals surface area contributed by atoms with Gasteiger partial charge in [-0.2, -0.15) is 0 Å². The molecule has 0 atom stereocenters. The average molecular weight is 472 g/mol. The highest BCUT2D eigenvalue weighted by molar-refractivity contribution is 5.92. The number of fused-ring (bicyclic) bond motifs is 1. The summed E-state index contributed by atoms with van der Waals surface area (Å²) >= 11 is 0. The van der Waals surface area contributed by atoms with Crippen LogP contribution in [0.4, 0.5) is 5.69 Å². The Balaban J connectivity index is 1.41. The van der Waals surface area contributed by atoms with Crippen LogP contribution in [-0.4, -0.2) is 44.1 Å². The topological polar surface area (TPSA) is 72.9 Å². The van der Waals surface area contributed by atoms with Crippen molar-refractivity contribution in [1.82, 2.24) is 9.88 Å². The number of pyridine rings is 1. The van der Waals surface area contributed by atoms with E-state index in [1.807, 2.05) is 74.8 Å². The van der Waals surface area contributed by atoms with Gasteiger partial charge >= 0.3 is 0 Å². The van der Waals surface area contributed by atoms with Gasteiger partial charge in [0.2, 0.25) is 5.91 Å². The maximum absolute atomic E-state index is 12.5.